The molecular weight excluding hydrogens is 290 g/mol. The second kappa shape index (κ2) is 5.88. The summed E-state index contributed by atoms with van der Waals surface area (Å²) in [6, 6.07) is 0. The van der Waals surface area contributed by atoms with Gasteiger partial charge in [-0.15, -0.1) is 5.06 Å². The zero-order valence-corrected chi connectivity index (χ0v) is 13.9. The summed E-state index contributed by atoms with van der Waals surface area (Å²) in [5.74, 6) is -1.49. The van der Waals surface area contributed by atoms with Gasteiger partial charge >= 0.3 is 5.97 Å². The smallest absolute Gasteiger partial charge is 0.363 e. The van der Waals surface area contributed by atoms with Crippen molar-refractivity contribution in [2.45, 2.75) is 70.2 Å². The molecule has 118 valence electrons. The SMILES string of the molecule is C[Si](C)(C)OC1(C(=O)ON2C(=O)CCC2=O)CCCCC1. The van der Waals surface area contributed by atoms with Crippen molar-refractivity contribution in [2.24, 2.45) is 0 Å². The summed E-state index contributed by atoms with van der Waals surface area (Å²) < 4.78 is 6.12. The Morgan fingerprint density at radius 1 is 1.05 bits per heavy atom. The molecule has 0 atom stereocenters. The van der Waals surface area contributed by atoms with Crippen LogP contribution in [0.4, 0.5) is 0 Å². The van der Waals surface area contributed by atoms with E-state index in [4.69, 9.17) is 9.26 Å². The third-order valence-corrected chi connectivity index (χ3v) is 4.72. The number of hydrogen-bond donors (Lipinski definition) is 0. The molecule has 7 heteroatoms. The van der Waals surface area contributed by atoms with Crippen molar-refractivity contribution in [3.63, 3.8) is 0 Å². The molecule has 1 aliphatic heterocycles. The Morgan fingerprint density at radius 2 is 1.57 bits per heavy atom. The van der Waals surface area contributed by atoms with Crippen LogP contribution < -0.4 is 0 Å². The number of imide groups is 1. The second-order valence-corrected chi connectivity index (χ2v) is 11.2. The molecule has 2 aliphatic rings. The summed E-state index contributed by atoms with van der Waals surface area (Å²) in [6.07, 6.45) is 4.23. The highest BCUT2D eigenvalue weighted by molar-refractivity contribution is 6.70. The maximum atomic E-state index is 12.6. The lowest BCUT2D eigenvalue weighted by molar-refractivity contribution is -0.211. The molecule has 0 aromatic carbocycles. The molecule has 0 N–H and O–H groups in total. The van der Waals surface area contributed by atoms with E-state index in [0.717, 1.165) is 19.3 Å². The Balaban J connectivity index is 2.14. The minimum atomic E-state index is -1.96. The first-order chi connectivity index (χ1) is 9.73. The van der Waals surface area contributed by atoms with Crippen LogP contribution in [-0.2, 0) is 23.6 Å². The van der Waals surface area contributed by atoms with Gasteiger partial charge in [0, 0.05) is 12.8 Å². The summed E-state index contributed by atoms with van der Waals surface area (Å²) >= 11 is 0. The average molecular weight is 313 g/mol. The molecule has 2 rings (SSSR count). The molecule has 0 radical (unpaired) electrons. The molecule has 0 bridgehead atoms. The normalized spacial score (nSPS) is 22.5. The van der Waals surface area contributed by atoms with Gasteiger partial charge in [0.15, 0.2) is 13.9 Å². The molecule has 0 aromatic rings. The van der Waals surface area contributed by atoms with Gasteiger partial charge in [0.25, 0.3) is 11.8 Å². The van der Waals surface area contributed by atoms with Gasteiger partial charge in [0.1, 0.15) is 0 Å². The monoisotopic (exact) mass is 313 g/mol. The first-order valence-electron chi connectivity index (χ1n) is 7.52. The van der Waals surface area contributed by atoms with Gasteiger partial charge in [-0.3, -0.25) is 9.59 Å². The Hall–Kier alpha value is -1.21. The molecule has 1 saturated carbocycles. The number of hydroxylamine groups is 2. The molecule has 0 unspecified atom stereocenters. The van der Waals surface area contributed by atoms with E-state index in [1.807, 2.05) is 19.6 Å². The van der Waals surface area contributed by atoms with Crippen LogP contribution >= 0.6 is 0 Å². The van der Waals surface area contributed by atoms with Crippen LogP contribution in [0.3, 0.4) is 0 Å². The Bertz CT molecular complexity index is 435. The largest absolute Gasteiger partial charge is 0.402 e. The molecule has 1 saturated heterocycles. The van der Waals surface area contributed by atoms with Gasteiger partial charge in [-0.1, -0.05) is 19.3 Å². The highest BCUT2D eigenvalue weighted by Gasteiger charge is 2.47. The van der Waals surface area contributed by atoms with E-state index in [0.29, 0.717) is 17.9 Å². The Kier molecular flexibility index (Phi) is 4.53. The van der Waals surface area contributed by atoms with Crippen LogP contribution in [0.15, 0.2) is 0 Å². The van der Waals surface area contributed by atoms with Crippen molar-refractivity contribution >= 4 is 26.1 Å². The molecular formula is C14H23NO5Si. The fourth-order valence-electron chi connectivity index (χ4n) is 2.88. The summed E-state index contributed by atoms with van der Waals surface area (Å²) in [4.78, 5) is 40.9. The third-order valence-electron chi connectivity index (χ3n) is 3.71. The standard InChI is InChI=1S/C14H23NO5Si/c1-21(2,3)20-14(9-5-4-6-10-14)13(18)19-15-11(16)7-8-12(15)17/h4-10H2,1-3H3. The van der Waals surface area contributed by atoms with Crippen LogP contribution in [0.2, 0.25) is 19.6 Å². The van der Waals surface area contributed by atoms with E-state index < -0.39 is 31.7 Å². The van der Waals surface area contributed by atoms with Crippen LogP contribution in [0.1, 0.15) is 44.9 Å². The lowest BCUT2D eigenvalue weighted by Crippen LogP contribution is -2.52. The van der Waals surface area contributed by atoms with E-state index in [9.17, 15) is 14.4 Å². The van der Waals surface area contributed by atoms with Crippen molar-refractivity contribution in [1.29, 1.82) is 0 Å². The van der Waals surface area contributed by atoms with Crippen LogP contribution in [0.25, 0.3) is 0 Å². The van der Waals surface area contributed by atoms with Crippen molar-refractivity contribution in [3.8, 4) is 0 Å². The first kappa shape index (κ1) is 16.2. The van der Waals surface area contributed by atoms with Gasteiger partial charge in [-0.25, -0.2) is 4.79 Å². The summed E-state index contributed by atoms with van der Waals surface area (Å²) in [6.45, 7) is 6.05. The molecule has 2 amide bonds. The average Bonchev–Trinajstić information content (AvgIpc) is 2.69. The molecule has 21 heavy (non-hydrogen) atoms. The van der Waals surface area contributed by atoms with E-state index in [1.54, 1.807) is 0 Å². The van der Waals surface area contributed by atoms with Crippen molar-refractivity contribution in [3.05, 3.63) is 0 Å². The van der Waals surface area contributed by atoms with E-state index in [1.165, 1.54) is 0 Å². The number of nitrogens with zero attached hydrogens (tertiary/aromatic N) is 1. The predicted molar refractivity (Wildman–Crippen MR) is 77.4 cm³/mol. The summed E-state index contributed by atoms with van der Waals surface area (Å²) in [5, 5.41) is 0.617. The van der Waals surface area contributed by atoms with Crippen molar-refractivity contribution < 1.29 is 23.6 Å². The van der Waals surface area contributed by atoms with Crippen molar-refractivity contribution in [1.82, 2.24) is 5.06 Å². The maximum absolute atomic E-state index is 12.6. The van der Waals surface area contributed by atoms with Gasteiger partial charge in [-0.2, -0.15) is 0 Å². The maximum Gasteiger partial charge on any atom is 0.363 e. The predicted octanol–water partition coefficient (Wildman–Crippen LogP) is 2.15. The van der Waals surface area contributed by atoms with Gasteiger partial charge in [-0.05, 0) is 32.5 Å². The number of carbonyl (C=O) groups excluding carboxylic acids is 3. The van der Waals surface area contributed by atoms with Gasteiger partial charge in [0.2, 0.25) is 0 Å². The summed E-state index contributed by atoms with van der Waals surface area (Å²) in [5.41, 5.74) is -0.994. The number of hydrogen-bond acceptors (Lipinski definition) is 5. The fraction of sp³-hybridized carbons (Fsp3) is 0.786. The van der Waals surface area contributed by atoms with E-state index >= 15 is 0 Å². The van der Waals surface area contributed by atoms with Crippen LogP contribution in [0.5, 0.6) is 0 Å². The lowest BCUT2D eigenvalue weighted by Gasteiger charge is -2.39. The minimum absolute atomic E-state index is 0.105. The number of amides is 2. The Labute approximate surface area is 125 Å². The van der Waals surface area contributed by atoms with Gasteiger partial charge < -0.3 is 9.26 Å². The molecule has 0 aromatic heterocycles. The second-order valence-electron chi connectivity index (χ2n) is 6.73. The highest BCUT2D eigenvalue weighted by atomic mass is 28.4. The van der Waals surface area contributed by atoms with Gasteiger partial charge in [0.05, 0.1) is 0 Å². The highest BCUT2D eigenvalue weighted by Crippen LogP contribution is 2.36. The molecule has 1 aliphatic carbocycles. The summed E-state index contributed by atoms with van der Waals surface area (Å²) in [7, 11) is -1.96. The first-order valence-corrected chi connectivity index (χ1v) is 10.9. The number of rotatable bonds is 4. The van der Waals surface area contributed by atoms with E-state index in [2.05, 4.69) is 0 Å². The Morgan fingerprint density at radius 3 is 2.05 bits per heavy atom. The van der Waals surface area contributed by atoms with Crippen LogP contribution in [-0.4, -0.2) is 36.8 Å². The quantitative estimate of drug-likeness (QED) is 0.587. The van der Waals surface area contributed by atoms with E-state index in [-0.39, 0.29) is 12.8 Å². The molecule has 0 spiro atoms. The zero-order chi connectivity index (χ0) is 15.7. The molecule has 6 nitrogen and oxygen atoms in total. The molecule has 2 fully saturated rings. The number of carbonyl (C=O) groups is 3. The van der Waals surface area contributed by atoms with Crippen LogP contribution in [0, 0.1) is 0 Å². The lowest BCUT2D eigenvalue weighted by atomic mass is 9.85. The molecule has 1 heterocycles. The third kappa shape index (κ3) is 3.71. The fourth-order valence-corrected chi connectivity index (χ4v) is 4.34. The minimum Gasteiger partial charge on any atom is -0.402 e. The topological polar surface area (TPSA) is 72.9 Å². The van der Waals surface area contributed by atoms with Crippen molar-refractivity contribution in [2.75, 3.05) is 0 Å². The zero-order valence-electron chi connectivity index (χ0n) is 12.9.